The van der Waals surface area contributed by atoms with E-state index in [2.05, 4.69) is 20.6 Å². The van der Waals surface area contributed by atoms with E-state index in [1.165, 1.54) is 10.7 Å². The zero-order chi connectivity index (χ0) is 19.7. The lowest BCUT2D eigenvalue weighted by molar-refractivity contribution is -0.140. The number of amides is 1. The van der Waals surface area contributed by atoms with Gasteiger partial charge < -0.3 is 4.90 Å². The number of hydrogen-bond acceptors (Lipinski definition) is 6. The lowest BCUT2D eigenvalue weighted by Gasteiger charge is -2.39. The molecule has 1 aromatic heterocycles. The summed E-state index contributed by atoms with van der Waals surface area (Å²) in [6, 6.07) is 5.41. The molecule has 2 aliphatic rings. The van der Waals surface area contributed by atoms with Crippen molar-refractivity contribution in [2.24, 2.45) is 5.92 Å². The monoisotopic (exact) mass is 422 g/mol. The Kier molecular flexibility index (Phi) is 5.66. The van der Waals surface area contributed by atoms with Gasteiger partial charge in [-0.05, 0) is 50.7 Å². The minimum absolute atomic E-state index is 0.0738. The van der Waals surface area contributed by atoms with Crippen molar-refractivity contribution in [3.05, 3.63) is 18.2 Å². The van der Waals surface area contributed by atoms with Gasteiger partial charge in [-0.2, -0.15) is 13.1 Å². The van der Waals surface area contributed by atoms with Crippen LogP contribution in [0.1, 0.15) is 45.4 Å². The molecule has 2 fully saturated rings. The third-order valence-electron chi connectivity index (χ3n) is 6.05. The molecule has 0 unspecified atom stereocenters. The molecular weight excluding hydrogens is 396 g/mol. The first kappa shape index (κ1) is 19.7. The van der Waals surface area contributed by atoms with Crippen LogP contribution in [0.15, 0.2) is 23.1 Å². The van der Waals surface area contributed by atoms with Crippen LogP contribution < -0.4 is 0 Å². The highest BCUT2D eigenvalue weighted by molar-refractivity contribution is 7.89. The molecule has 4 rings (SSSR count). The van der Waals surface area contributed by atoms with E-state index >= 15 is 0 Å². The van der Waals surface area contributed by atoms with Gasteiger partial charge in [0.2, 0.25) is 15.9 Å². The quantitative estimate of drug-likeness (QED) is 0.756. The number of aromatic nitrogens is 2. The van der Waals surface area contributed by atoms with Crippen molar-refractivity contribution in [1.29, 1.82) is 0 Å². The maximum atomic E-state index is 13.1. The Labute approximate surface area is 170 Å². The van der Waals surface area contributed by atoms with Gasteiger partial charge in [-0.1, -0.05) is 13.0 Å². The van der Waals surface area contributed by atoms with Crippen LogP contribution in [-0.4, -0.2) is 58.0 Å². The number of carbonyl (C=O) groups is 1. The molecule has 3 heterocycles. The Morgan fingerprint density at radius 1 is 1.14 bits per heavy atom. The standard InChI is InChI=1S/C19H26N4O3S2/c1-2-15-6-3-4-11-23(15)19(24)14-9-12-22(13-10-14)28(25,26)17-8-5-7-16-18(17)21-27-20-16/h5,7-8,14-15H,2-4,6,9-13H2,1H3/t15-/m1/s1. The van der Waals surface area contributed by atoms with E-state index in [0.29, 0.717) is 43.0 Å². The van der Waals surface area contributed by atoms with E-state index < -0.39 is 10.0 Å². The predicted molar refractivity (Wildman–Crippen MR) is 109 cm³/mol. The van der Waals surface area contributed by atoms with E-state index in [4.69, 9.17) is 0 Å². The fraction of sp³-hybridized carbons (Fsp3) is 0.632. The highest BCUT2D eigenvalue weighted by atomic mass is 32.2. The molecular formula is C19H26N4O3S2. The van der Waals surface area contributed by atoms with Gasteiger partial charge in [0.15, 0.2) is 0 Å². The minimum Gasteiger partial charge on any atom is -0.339 e. The summed E-state index contributed by atoms with van der Waals surface area (Å²) in [5, 5.41) is 0. The number of nitrogens with zero attached hydrogens (tertiary/aromatic N) is 4. The first-order valence-corrected chi connectivity index (χ1v) is 12.2. The van der Waals surface area contributed by atoms with Crippen molar-refractivity contribution in [3.63, 3.8) is 0 Å². The van der Waals surface area contributed by atoms with Crippen LogP contribution in [0.2, 0.25) is 0 Å². The fourth-order valence-corrected chi connectivity index (χ4v) is 6.64. The first-order valence-electron chi connectivity index (χ1n) is 10.0. The second kappa shape index (κ2) is 8.04. The van der Waals surface area contributed by atoms with Crippen LogP contribution in [0.25, 0.3) is 11.0 Å². The summed E-state index contributed by atoms with van der Waals surface area (Å²) in [7, 11) is -3.64. The predicted octanol–water partition coefficient (Wildman–Crippen LogP) is 2.88. The number of carbonyl (C=O) groups excluding carboxylic acids is 1. The smallest absolute Gasteiger partial charge is 0.245 e. The third kappa shape index (κ3) is 3.55. The Morgan fingerprint density at radius 2 is 1.93 bits per heavy atom. The van der Waals surface area contributed by atoms with Crippen molar-refractivity contribution in [1.82, 2.24) is 18.0 Å². The molecule has 0 bridgehead atoms. The van der Waals surface area contributed by atoms with Crippen LogP contribution >= 0.6 is 11.7 Å². The third-order valence-corrected chi connectivity index (χ3v) is 8.52. The van der Waals surface area contributed by atoms with Crippen LogP contribution in [0.3, 0.4) is 0 Å². The van der Waals surface area contributed by atoms with Gasteiger partial charge >= 0.3 is 0 Å². The Hall–Kier alpha value is -1.58. The van der Waals surface area contributed by atoms with Crippen molar-refractivity contribution in [2.75, 3.05) is 19.6 Å². The Morgan fingerprint density at radius 3 is 2.68 bits per heavy atom. The van der Waals surface area contributed by atoms with Gasteiger partial charge in [0, 0.05) is 31.6 Å². The van der Waals surface area contributed by atoms with Crippen molar-refractivity contribution in [2.45, 2.75) is 56.4 Å². The lowest BCUT2D eigenvalue weighted by Crippen LogP contribution is -2.49. The maximum Gasteiger partial charge on any atom is 0.245 e. The first-order chi connectivity index (χ1) is 13.5. The van der Waals surface area contributed by atoms with E-state index in [9.17, 15) is 13.2 Å². The Balaban J connectivity index is 1.46. The molecule has 28 heavy (non-hydrogen) atoms. The summed E-state index contributed by atoms with van der Waals surface area (Å²) < 4.78 is 36.1. The van der Waals surface area contributed by atoms with Crippen LogP contribution in [0.4, 0.5) is 0 Å². The molecule has 2 aromatic rings. The van der Waals surface area contributed by atoms with Gasteiger partial charge in [0.05, 0.1) is 11.7 Å². The molecule has 2 aliphatic heterocycles. The maximum absolute atomic E-state index is 13.1. The van der Waals surface area contributed by atoms with Gasteiger partial charge in [-0.15, -0.1) is 0 Å². The number of piperidine rings is 2. The number of fused-ring (bicyclic) bond motifs is 1. The fourth-order valence-electron chi connectivity index (χ4n) is 4.42. The number of likely N-dealkylation sites (tertiary alicyclic amines) is 1. The largest absolute Gasteiger partial charge is 0.339 e. The minimum atomic E-state index is -3.64. The normalized spacial score (nSPS) is 22.6. The molecule has 1 aromatic carbocycles. The SMILES string of the molecule is CC[C@@H]1CCCCN1C(=O)C1CCN(S(=O)(=O)c2cccc3nsnc23)CC1. The van der Waals surface area contributed by atoms with Crippen molar-refractivity contribution >= 4 is 38.7 Å². The Bertz CT molecular complexity index is 951. The highest BCUT2D eigenvalue weighted by Crippen LogP contribution is 2.30. The van der Waals surface area contributed by atoms with E-state index in [1.807, 2.05) is 0 Å². The molecule has 7 nitrogen and oxygen atoms in total. The summed E-state index contributed by atoms with van der Waals surface area (Å²) in [6.07, 6.45) is 5.50. The van der Waals surface area contributed by atoms with Gasteiger partial charge in [-0.25, -0.2) is 8.42 Å². The molecule has 0 radical (unpaired) electrons. The van der Waals surface area contributed by atoms with Gasteiger partial charge in [0.1, 0.15) is 15.9 Å². The van der Waals surface area contributed by atoms with Crippen LogP contribution in [-0.2, 0) is 14.8 Å². The summed E-state index contributed by atoms with van der Waals surface area (Å²) in [6.45, 7) is 3.72. The topological polar surface area (TPSA) is 83.5 Å². The summed E-state index contributed by atoms with van der Waals surface area (Å²) in [5.41, 5.74) is 1.04. The second-order valence-corrected chi connectivity index (χ2v) is 10.1. The molecule has 9 heteroatoms. The van der Waals surface area contributed by atoms with E-state index in [0.717, 1.165) is 37.5 Å². The zero-order valence-corrected chi connectivity index (χ0v) is 17.7. The van der Waals surface area contributed by atoms with Gasteiger partial charge in [0.25, 0.3) is 0 Å². The number of hydrogen-bond donors (Lipinski definition) is 0. The average molecular weight is 423 g/mol. The number of sulfonamides is 1. The van der Waals surface area contributed by atoms with Crippen molar-refractivity contribution < 1.29 is 13.2 Å². The zero-order valence-electron chi connectivity index (χ0n) is 16.1. The number of rotatable bonds is 4. The van der Waals surface area contributed by atoms with Crippen molar-refractivity contribution in [3.8, 4) is 0 Å². The number of benzene rings is 1. The summed E-state index contributed by atoms with van der Waals surface area (Å²) >= 11 is 1.02. The molecule has 0 N–H and O–H groups in total. The van der Waals surface area contributed by atoms with Gasteiger partial charge in [-0.3, -0.25) is 4.79 Å². The van der Waals surface area contributed by atoms with Crippen LogP contribution in [0.5, 0.6) is 0 Å². The molecule has 152 valence electrons. The molecule has 0 spiro atoms. The summed E-state index contributed by atoms with van der Waals surface area (Å²) in [5.74, 6) is 0.143. The van der Waals surface area contributed by atoms with Crippen LogP contribution in [0, 0.1) is 5.92 Å². The second-order valence-electron chi connectivity index (χ2n) is 7.66. The summed E-state index contributed by atoms with van der Waals surface area (Å²) in [4.78, 5) is 15.3. The highest BCUT2D eigenvalue weighted by Gasteiger charge is 2.36. The molecule has 1 atom stereocenters. The lowest BCUT2D eigenvalue weighted by atomic mass is 9.92. The van der Waals surface area contributed by atoms with E-state index in [-0.39, 0.29) is 16.7 Å². The molecule has 1 amide bonds. The molecule has 2 saturated heterocycles. The van der Waals surface area contributed by atoms with E-state index in [1.54, 1.807) is 18.2 Å². The molecule has 0 aliphatic carbocycles. The molecule has 0 saturated carbocycles. The average Bonchev–Trinajstić information content (AvgIpc) is 3.22.